The van der Waals surface area contributed by atoms with E-state index >= 15 is 0 Å². The zero-order valence-corrected chi connectivity index (χ0v) is 33.3. The smallest absolute Gasteiger partial charge is 0.469 e. The van der Waals surface area contributed by atoms with E-state index < -0.39 is 51.1 Å². The maximum atomic E-state index is 13.1. The van der Waals surface area contributed by atoms with E-state index in [1.54, 1.807) is 24.3 Å². The van der Waals surface area contributed by atoms with Crippen LogP contribution in [0.5, 0.6) is 5.88 Å². The second-order valence-electron chi connectivity index (χ2n) is 14.3. The Morgan fingerprint density at radius 1 is 0.929 bits per heavy atom. The van der Waals surface area contributed by atoms with Gasteiger partial charge in [0, 0.05) is 12.7 Å². The van der Waals surface area contributed by atoms with Crippen LogP contribution >= 0.6 is 7.82 Å². The maximum absolute atomic E-state index is 13.1. The van der Waals surface area contributed by atoms with Crippen molar-refractivity contribution in [1.29, 1.82) is 10.5 Å². The summed E-state index contributed by atoms with van der Waals surface area (Å²) in [6.07, 6.45) is 15.7. The monoisotopic (exact) mass is 799 g/mol. The minimum atomic E-state index is -4.90. The number of aromatic nitrogens is 4. The third-order valence-corrected chi connectivity index (χ3v) is 10.8. The van der Waals surface area contributed by atoms with Gasteiger partial charge >= 0.3 is 7.82 Å². The lowest BCUT2D eigenvalue weighted by molar-refractivity contribution is -0.0755. The Kier molecular flexibility index (Phi) is 18.9. The third-order valence-electron chi connectivity index (χ3n) is 9.88. The molecule has 1 saturated heterocycles. The number of aliphatic hydroxyl groups is 2. The lowest BCUT2D eigenvalue weighted by Crippen LogP contribution is -2.45. The highest BCUT2D eigenvalue weighted by Crippen LogP contribution is 2.47. The number of phosphoric ester groups is 1. The number of hydrogen-bond donors (Lipinski definition) is 4. The molecule has 0 amide bonds. The summed E-state index contributed by atoms with van der Waals surface area (Å²) in [7, 11) is -4.90. The van der Waals surface area contributed by atoms with E-state index in [-0.39, 0.29) is 29.7 Å². The number of aliphatic hydroxyl groups excluding tert-OH is 2. The summed E-state index contributed by atoms with van der Waals surface area (Å²) in [6.45, 7) is 1.25. The number of pyridine rings is 1. The van der Waals surface area contributed by atoms with E-state index in [9.17, 15) is 30.2 Å². The summed E-state index contributed by atoms with van der Waals surface area (Å²) in [5, 5.41) is 45.1. The second kappa shape index (κ2) is 23.5. The normalized spacial score (nSPS) is 21.1. The number of unbranched alkanes of at least 4 members (excludes halogenated alkanes) is 15. The highest BCUT2D eigenvalue weighted by Gasteiger charge is 2.57. The molecule has 5 N–H and O–H groups in total. The fourth-order valence-corrected chi connectivity index (χ4v) is 7.45. The Hall–Kier alpha value is -3.70. The first-order valence-electron chi connectivity index (χ1n) is 19.9. The van der Waals surface area contributed by atoms with Gasteiger partial charge in [0.2, 0.25) is 11.5 Å². The minimum Gasteiger partial charge on any atom is -0.469 e. The molecule has 1 aliphatic heterocycles. The van der Waals surface area contributed by atoms with Crippen molar-refractivity contribution in [3.8, 4) is 18.0 Å². The zero-order valence-electron chi connectivity index (χ0n) is 32.4. The van der Waals surface area contributed by atoms with Crippen molar-refractivity contribution in [2.75, 3.05) is 32.2 Å². The van der Waals surface area contributed by atoms with E-state index in [2.05, 4.69) is 22.0 Å². The van der Waals surface area contributed by atoms with Crippen molar-refractivity contribution in [2.24, 2.45) is 0 Å². The van der Waals surface area contributed by atoms with E-state index in [0.29, 0.717) is 12.1 Å². The molecule has 0 aliphatic carbocycles. The summed E-state index contributed by atoms with van der Waals surface area (Å²) in [4.78, 5) is 18.6. The standard InChI is InChI=1S/C39H58N7O9P/c1-2-3-4-5-6-7-8-9-10-11-12-13-14-15-16-17-23-51-25-31(54-34-20-18-19-30(24-40)45-34)26-52-56(49,50)53-28-39(27-41)37(48)35(47)36(55-39)32-21-22-33-38(42)43-29-44-46(32)33/h18-22,29,31,35-37,47-48H,2-17,23,25-26,28H2,1H3,(H,49,50)(H2,42,43,44)/t31-,35+,36+,37+,39-/m1/s1. The summed E-state index contributed by atoms with van der Waals surface area (Å²) in [5.41, 5.74) is 4.44. The number of rotatable bonds is 28. The van der Waals surface area contributed by atoms with E-state index in [0.717, 1.165) is 19.3 Å². The van der Waals surface area contributed by atoms with E-state index in [4.69, 9.17) is 29.0 Å². The Labute approximate surface area is 329 Å². The number of nitrogen functional groups attached to an aromatic ring is 1. The van der Waals surface area contributed by atoms with Gasteiger partial charge in [0.25, 0.3) is 0 Å². The number of nitriles is 2. The van der Waals surface area contributed by atoms with Crippen LogP contribution < -0.4 is 10.5 Å². The molecule has 4 rings (SSSR count). The van der Waals surface area contributed by atoms with Crippen LogP contribution in [-0.4, -0.2) is 85.0 Å². The van der Waals surface area contributed by atoms with Gasteiger partial charge in [0.05, 0.1) is 18.9 Å². The van der Waals surface area contributed by atoms with Crippen LogP contribution in [0.1, 0.15) is 127 Å². The SMILES string of the molecule is CCCCCCCCCCCCCCCCCCOC[C@H](COP(=O)(O)OC[C@@]1(C#N)O[C@@H](c2ccc3c(N)ncnn23)[C@H](O)[C@@H]1O)Oc1cccc(C#N)n1. The van der Waals surface area contributed by atoms with Gasteiger partial charge in [-0.05, 0) is 24.6 Å². The first-order valence-corrected chi connectivity index (χ1v) is 21.4. The number of ether oxygens (including phenoxy) is 3. The summed E-state index contributed by atoms with van der Waals surface area (Å²) in [5.74, 6) is 0.252. The molecule has 3 aromatic rings. The molecule has 17 heteroatoms. The van der Waals surface area contributed by atoms with Crippen LogP contribution in [0.25, 0.3) is 5.52 Å². The summed E-state index contributed by atoms with van der Waals surface area (Å²) >= 11 is 0. The molecule has 6 atom stereocenters. The van der Waals surface area contributed by atoms with Crippen LogP contribution in [0.15, 0.2) is 36.7 Å². The van der Waals surface area contributed by atoms with Crippen LogP contribution in [0.3, 0.4) is 0 Å². The van der Waals surface area contributed by atoms with Gasteiger partial charge in [-0.3, -0.25) is 9.05 Å². The lowest BCUT2D eigenvalue weighted by atomic mass is 9.96. The Balaban J connectivity index is 1.19. The molecule has 1 aliphatic rings. The molecule has 3 aromatic heterocycles. The second-order valence-corrected chi connectivity index (χ2v) is 15.8. The molecule has 56 heavy (non-hydrogen) atoms. The highest BCUT2D eigenvalue weighted by molar-refractivity contribution is 7.47. The van der Waals surface area contributed by atoms with Crippen molar-refractivity contribution in [3.63, 3.8) is 0 Å². The van der Waals surface area contributed by atoms with E-state index in [1.807, 2.05) is 6.07 Å². The first kappa shape index (κ1) is 45.0. The number of anilines is 1. The maximum Gasteiger partial charge on any atom is 0.472 e. The molecule has 0 saturated carbocycles. The number of phosphoric acid groups is 1. The van der Waals surface area contributed by atoms with Gasteiger partial charge in [-0.15, -0.1) is 0 Å². The predicted octanol–water partition coefficient (Wildman–Crippen LogP) is 6.49. The summed E-state index contributed by atoms with van der Waals surface area (Å²) < 4.78 is 42.3. The van der Waals surface area contributed by atoms with Crippen LogP contribution in [0.4, 0.5) is 5.82 Å². The number of hydrogen-bond acceptors (Lipinski definition) is 14. The topological polar surface area (TPSA) is 241 Å². The zero-order chi connectivity index (χ0) is 40.2. The van der Waals surface area contributed by atoms with Crippen molar-refractivity contribution < 1.29 is 42.9 Å². The molecule has 0 bridgehead atoms. The lowest BCUT2D eigenvalue weighted by Gasteiger charge is -2.26. The summed E-state index contributed by atoms with van der Waals surface area (Å²) in [6, 6.07) is 11.5. The van der Waals surface area contributed by atoms with Crippen LogP contribution in [0, 0.1) is 22.7 Å². The minimum absolute atomic E-state index is 0.0195. The fourth-order valence-electron chi connectivity index (χ4n) is 6.66. The average molecular weight is 800 g/mol. The fraction of sp³-hybridized carbons (Fsp3) is 0.667. The third kappa shape index (κ3) is 13.7. The van der Waals surface area contributed by atoms with Gasteiger partial charge in [-0.2, -0.15) is 15.6 Å². The molecular formula is C39H58N7O9P. The molecule has 1 unspecified atom stereocenters. The average Bonchev–Trinajstić information content (AvgIpc) is 3.74. The first-order chi connectivity index (χ1) is 27.1. The molecule has 16 nitrogen and oxygen atoms in total. The van der Waals surface area contributed by atoms with E-state index in [1.165, 1.54) is 106 Å². The molecule has 0 spiro atoms. The number of nitrogens with two attached hydrogens (primary N) is 1. The van der Waals surface area contributed by atoms with Gasteiger partial charge in [-0.25, -0.2) is 19.0 Å². The molecular weight excluding hydrogens is 741 g/mol. The quantitative estimate of drug-likeness (QED) is 0.0453. The van der Waals surface area contributed by atoms with Crippen LogP contribution in [-0.2, 0) is 23.1 Å². The highest BCUT2D eigenvalue weighted by atomic mass is 31.2. The molecule has 1 fully saturated rings. The predicted molar refractivity (Wildman–Crippen MR) is 207 cm³/mol. The molecule has 308 valence electrons. The largest absolute Gasteiger partial charge is 0.472 e. The number of fused-ring (bicyclic) bond motifs is 1. The Morgan fingerprint density at radius 3 is 2.20 bits per heavy atom. The molecule has 0 aromatic carbocycles. The van der Waals surface area contributed by atoms with Gasteiger partial charge in [0.1, 0.15) is 60.7 Å². The van der Waals surface area contributed by atoms with Crippen LogP contribution in [0.2, 0.25) is 0 Å². The van der Waals surface area contributed by atoms with Crippen molar-refractivity contribution in [2.45, 2.75) is 140 Å². The Bertz CT molecular complexity index is 1750. The van der Waals surface area contributed by atoms with Gasteiger partial charge < -0.3 is 35.1 Å². The van der Waals surface area contributed by atoms with Crippen molar-refractivity contribution in [3.05, 3.63) is 48.0 Å². The molecule has 0 radical (unpaired) electrons. The van der Waals surface area contributed by atoms with Gasteiger partial charge in [0.15, 0.2) is 5.82 Å². The van der Waals surface area contributed by atoms with Crippen molar-refractivity contribution in [1.82, 2.24) is 19.6 Å². The molecule has 4 heterocycles. The number of nitrogens with zero attached hydrogens (tertiary/aromatic N) is 6. The van der Waals surface area contributed by atoms with Gasteiger partial charge in [-0.1, -0.05) is 109 Å². The van der Waals surface area contributed by atoms with Crippen molar-refractivity contribution >= 4 is 19.2 Å². The Morgan fingerprint density at radius 2 is 1.57 bits per heavy atom.